The van der Waals surface area contributed by atoms with Crippen LogP contribution in [0.4, 0.5) is 5.95 Å². The first-order valence-electron chi connectivity index (χ1n) is 7.23. The van der Waals surface area contributed by atoms with E-state index in [1.54, 1.807) is 0 Å². The molecular weight excluding hydrogens is 240 g/mol. The predicted octanol–water partition coefficient (Wildman–Crippen LogP) is 0.998. The van der Waals surface area contributed by atoms with Gasteiger partial charge in [0.1, 0.15) is 0 Å². The maximum atomic E-state index is 6.08. The van der Waals surface area contributed by atoms with Crippen LogP contribution in [0.15, 0.2) is 12.3 Å². The highest BCUT2D eigenvalue weighted by Gasteiger charge is 2.38. The molecule has 0 amide bonds. The molecule has 2 aliphatic heterocycles. The highest BCUT2D eigenvalue weighted by atomic mass is 16.5. The first-order chi connectivity index (χ1) is 9.31. The highest BCUT2D eigenvalue weighted by molar-refractivity contribution is 5.32. The summed E-state index contributed by atoms with van der Waals surface area (Å²) in [5.74, 6) is 0.862. The lowest BCUT2D eigenvalue weighted by atomic mass is 9.90. The van der Waals surface area contributed by atoms with Gasteiger partial charge in [-0.05, 0) is 38.4 Å². The molecule has 0 aliphatic carbocycles. The third-order valence-electron chi connectivity index (χ3n) is 4.11. The minimum Gasteiger partial charge on any atom is -0.371 e. The van der Waals surface area contributed by atoms with Crippen molar-refractivity contribution in [2.75, 3.05) is 37.7 Å². The molecule has 3 heterocycles. The molecule has 19 heavy (non-hydrogen) atoms. The van der Waals surface area contributed by atoms with Crippen LogP contribution >= 0.6 is 0 Å². The van der Waals surface area contributed by atoms with E-state index in [2.05, 4.69) is 27.1 Å². The summed E-state index contributed by atoms with van der Waals surface area (Å²) in [5, 5.41) is 3.40. The Morgan fingerprint density at radius 3 is 3.05 bits per heavy atom. The van der Waals surface area contributed by atoms with Crippen molar-refractivity contribution in [3.63, 3.8) is 0 Å². The van der Waals surface area contributed by atoms with Gasteiger partial charge in [-0.15, -0.1) is 0 Å². The second kappa shape index (κ2) is 5.43. The molecule has 0 saturated carbocycles. The number of anilines is 1. The van der Waals surface area contributed by atoms with Gasteiger partial charge in [-0.2, -0.15) is 0 Å². The van der Waals surface area contributed by atoms with Gasteiger partial charge in [-0.1, -0.05) is 6.92 Å². The molecule has 3 rings (SSSR count). The van der Waals surface area contributed by atoms with Gasteiger partial charge in [-0.25, -0.2) is 9.97 Å². The van der Waals surface area contributed by atoms with Crippen LogP contribution in [0.25, 0.3) is 0 Å². The number of ether oxygens (including phenoxy) is 1. The topological polar surface area (TPSA) is 50.3 Å². The Morgan fingerprint density at radius 2 is 2.26 bits per heavy atom. The Kier molecular flexibility index (Phi) is 3.66. The van der Waals surface area contributed by atoms with Crippen molar-refractivity contribution in [1.29, 1.82) is 0 Å². The van der Waals surface area contributed by atoms with Gasteiger partial charge in [0.15, 0.2) is 0 Å². The number of piperidine rings is 1. The van der Waals surface area contributed by atoms with Crippen molar-refractivity contribution in [2.45, 2.75) is 31.8 Å². The van der Waals surface area contributed by atoms with Gasteiger partial charge in [-0.3, -0.25) is 0 Å². The van der Waals surface area contributed by atoms with E-state index in [0.717, 1.165) is 63.7 Å². The minimum absolute atomic E-state index is 0.00901. The second-order valence-corrected chi connectivity index (χ2v) is 5.40. The Balaban J connectivity index is 1.76. The molecule has 2 aliphatic rings. The van der Waals surface area contributed by atoms with Crippen LogP contribution in [-0.4, -0.2) is 48.4 Å². The van der Waals surface area contributed by atoms with Crippen molar-refractivity contribution in [2.24, 2.45) is 0 Å². The van der Waals surface area contributed by atoms with Crippen molar-refractivity contribution in [3.8, 4) is 0 Å². The maximum Gasteiger partial charge on any atom is 0.225 e. The molecule has 0 radical (unpaired) electrons. The fourth-order valence-electron chi connectivity index (χ4n) is 2.93. The molecule has 0 aromatic carbocycles. The largest absolute Gasteiger partial charge is 0.371 e. The number of hydrogen-bond donors (Lipinski definition) is 1. The van der Waals surface area contributed by atoms with Crippen molar-refractivity contribution < 1.29 is 4.74 Å². The van der Waals surface area contributed by atoms with Crippen LogP contribution in [0.3, 0.4) is 0 Å². The number of hydrogen-bond acceptors (Lipinski definition) is 5. The molecule has 2 fully saturated rings. The molecule has 0 atom stereocenters. The molecule has 5 nitrogen and oxygen atoms in total. The lowest BCUT2D eigenvalue weighted by Gasteiger charge is -2.45. The summed E-state index contributed by atoms with van der Waals surface area (Å²) in [4.78, 5) is 11.4. The standard InChI is InChI=1S/C14H22N4O/c1-2-12-3-6-16-13(17-12)18-9-10-19-14(11-18)4-7-15-8-5-14/h3,6,15H,2,4-5,7-11H2,1H3. The lowest BCUT2D eigenvalue weighted by Crippen LogP contribution is -2.56. The Labute approximate surface area is 114 Å². The third-order valence-corrected chi connectivity index (χ3v) is 4.11. The van der Waals surface area contributed by atoms with Crippen LogP contribution in [0.2, 0.25) is 0 Å². The summed E-state index contributed by atoms with van der Waals surface area (Å²) < 4.78 is 6.08. The van der Waals surface area contributed by atoms with E-state index in [4.69, 9.17) is 4.74 Å². The average molecular weight is 262 g/mol. The molecular formula is C14H22N4O. The number of aryl methyl sites for hydroxylation is 1. The number of nitrogens with zero attached hydrogens (tertiary/aromatic N) is 3. The van der Waals surface area contributed by atoms with E-state index in [1.165, 1.54) is 0 Å². The summed E-state index contributed by atoms with van der Waals surface area (Å²) in [6, 6.07) is 1.99. The quantitative estimate of drug-likeness (QED) is 0.861. The monoisotopic (exact) mass is 262 g/mol. The molecule has 1 spiro atoms. The fraction of sp³-hybridized carbons (Fsp3) is 0.714. The van der Waals surface area contributed by atoms with E-state index in [-0.39, 0.29) is 5.60 Å². The van der Waals surface area contributed by atoms with E-state index < -0.39 is 0 Å². The summed E-state index contributed by atoms with van der Waals surface area (Å²) in [5.41, 5.74) is 1.12. The summed E-state index contributed by atoms with van der Waals surface area (Å²) in [7, 11) is 0. The molecule has 5 heteroatoms. The second-order valence-electron chi connectivity index (χ2n) is 5.40. The van der Waals surface area contributed by atoms with Crippen LogP contribution in [0, 0.1) is 0 Å². The van der Waals surface area contributed by atoms with Crippen molar-refractivity contribution >= 4 is 5.95 Å². The van der Waals surface area contributed by atoms with Gasteiger partial charge in [0.2, 0.25) is 5.95 Å². The van der Waals surface area contributed by atoms with Crippen LogP contribution in [-0.2, 0) is 11.2 Å². The number of aromatic nitrogens is 2. The average Bonchev–Trinajstić information content (AvgIpc) is 2.48. The normalized spacial score (nSPS) is 22.7. The van der Waals surface area contributed by atoms with Crippen molar-refractivity contribution in [1.82, 2.24) is 15.3 Å². The summed E-state index contributed by atoms with van der Waals surface area (Å²) in [6.45, 7) is 6.80. The summed E-state index contributed by atoms with van der Waals surface area (Å²) in [6.07, 6.45) is 4.98. The number of nitrogens with one attached hydrogen (secondary N) is 1. The number of rotatable bonds is 2. The van der Waals surface area contributed by atoms with Crippen molar-refractivity contribution in [3.05, 3.63) is 18.0 Å². The molecule has 1 aromatic rings. The van der Waals surface area contributed by atoms with Crippen LogP contribution in [0.5, 0.6) is 0 Å². The fourth-order valence-corrected chi connectivity index (χ4v) is 2.93. The van der Waals surface area contributed by atoms with Crippen LogP contribution in [0.1, 0.15) is 25.5 Å². The molecule has 0 bridgehead atoms. The molecule has 104 valence electrons. The zero-order chi connectivity index (χ0) is 13.1. The Hall–Kier alpha value is -1.20. The first-order valence-corrected chi connectivity index (χ1v) is 7.23. The maximum absolute atomic E-state index is 6.08. The zero-order valence-electron chi connectivity index (χ0n) is 11.6. The zero-order valence-corrected chi connectivity index (χ0v) is 11.6. The smallest absolute Gasteiger partial charge is 0.225 e. The van der Waals surface area contributed by atoms with E-state index in [9.17, 15) is 0 Å². The van der Waals surface area contributed by atoms with Crippen LogP contribution < -0.4 is 10.2 Å². The SMILES string of the molecule is CCc1ccnc(N2CCOC3(CCNCC3)C2)n1. The predicted molar refractivity (Wildman–Crippen MR) is 74.4 cm³/mol. The van der Waals surface area contributed by atoms with Gasteiger partial charge < -0.3 is 15.0 Å². The van der Waals surface area contributed by atoms with E-state index in [1.807, 2.05) is 12.3 Å². The minimum atomic E-state index is 0.00901. The van der Waals surface area contributed by atoms with Gasteiger partial charge in [0, 0.05) is 18.4 Å². The van der Waals surface area contributed by atoms with Gasteiger partial charge in [0.05, 0.1) is 18.8 Å². The number of morpholine rings is 1. The highest BCUT2D eigenvalue weighted by Crippen LogP contribution is 2.28. The Morgan fingerprint density at radius 1 is 1.42 bits per heavy atom. The summed E-state index contributed by atoms with van der Waals surface area (Å²) >= 11 is 0. The third kappa shape index (κ3) is 2.72. The molecule has 0 unspecified atom stereocenters. The van der Waals surface area contributed by atoms with Gasteiger partial charge >= 0.3 is 0 Å². The first kappa shape index (κ1) is 12.8. The van der Waals surface area contributed by atoms with E-state index in [0.29, 0.717) is 0 Å². The molecule has 2 saturated heterocycles. The molecule has 1 N–H and O–H groups in total. The van der Waals surface area contributed by atoms with E-state index >= 15 is 0 Å². The lowest BCUT2D eigenvalue weighted by molar-refractivity contribution is -0.0742. The van der Waals surface area contributed by atoms with Gasteiger partial charge in [0.25, 0.3) is 0 Å². The Bertz CT molecular complexity index is 426. The molecule has 1 aromatic heterocycles.